The summed E-state index contributed by atoms with van der Waals surface area (Å²) < 4.78 is 10.8. The van der Waals surface area contributed by atoms with Crippen LogP contribution < -0.4 is 15.2 Å². The van der Waals surface area contributed by atoms with E-state index >= 15 is 0 Å². The number of carbonyl (C=O) groups excluding carboxylic acids is 1. The second-order valence-corrected chi connectivity index (χ2v) is 3.27. The molecule has 88 valence electrons. The van der Waals surface area contributed by atoms with Gasteiger partial charge in [-0.15, -0.1) is 0 Å². The topological polar surface area (TPSA) is 61.6 Å². The minimum absolute atomic E-state index is 0.490. The second-order valence-electron chi connectivity index (χ2n) is 3.27. The quantitative estimate of drug-likeness (QED) is 0.534. The third kappa shape index (κ3) is 4.79. The molecule has 0 saturated carbocycles. The van der Waals surface area contributed by atoms with E-state index in [1.807, 2.05) is 24.3 Å². The molecular weight excluding hydrogens is 206 g/mol. The molecule has 0 aliphatic heterocycles. The Morgan fingerprint density at radius 1 is 1.19 bits per heavy atom. The van der Waals surface area contributed by atoms with Crippen molar-refractivity contribution in [1.82, 2.24) is 0 Å². The van der Waals surface area contributed by atoms with E-state index in [9.17, 15) is 4.79 Å². The summed E-state index contributed by atoms with van der Waals surface area (Å²) in [4.78, 5) is 10.1. The third-order valence-corrected chi connectivity index (χ3v) is 1.93. The lowest BCUT2D eigenvalue weighted by molar-refractivity contribution is -0.108. The molecule has 0 bridgehead atoms. The lowest BCUT2D eigenvalue weighted by atomic mass is 10.3. The Hall–Kier alpha value is -1.55. The Kier molecular flexibility index (Phi) is 6.03. The molecule has 0 spiro atoms. The van der Waals surface area contributed by atoms with E-state index in [4.69, 9.17) is 15.2 Å². The summed E-state index contributed by atoms with van der Waals surface area (Å²) in [5.41, 5.74) is 5.34. The normalized spacial score (nSPS) is 9.81. The number of carbonyl (C=O) groups is 1. The van der Waals surface area contributed by atoms with Gasteiger partial charge in [-0.05, 0) is 18.6 Å². The van der Waals surface area contributed by atoms with E-state index in [0.717, 1.165) is 24.2 Å². The van der Waals surface area contributed by atoms with Gasteiger partial charge in [0.1, 0.15) is 24.4 Å². The molecule has 0 radical (unpaired) electrons. The van der Waals surface area contributed by atoms with Gasteiger partial charge >= 0.3 is 0 Å². The van der Waals surface area contributed by atoms with Crippen molar-refractivity contribution in [2.45, 2.75) is 12.8 Å². The first-order chi connectivity index (χ1) is 7.86. The SMILES string of the molecule is NCCOc1cccc(OCCCC=O)c1. The minimum atomic E-state index is 0.490. The Morgan fingerprint density at radius 3 is 2.50 bits per heavy atom. The van der Waals surface area contributed by atoms with Crippen molar-refractivity contribution in [2.75, 3.05) is 19.8 Å². The summed E-state index contributed by atoms with van der Waals surface area (Å²) in [6.45, 7) is 1.53. The molecule has 0 aromatic heterocycles. The summed E-state index contributed by atoms with van der Waals surface area (Å²) in [7, 11) is 0. The fourth-order valence-electron chi connectivity index (χ4n) is 1.19. The van der Waals surface area contributed by atoms with Gasteiger partial charge in [-0.1, -0.05) is 6.07 Å². The average Bonchev–Trinajstić information content (AvgIpc) is 2.33. The first-order valence-electron chi connectivity index (χ1n) is 5.36. The van der Waals surface area contributed by atoms with Gasteiger partial charge in [0.15, 0.2) is 0 Å². The molecule has 4 heteroatoms. The van der Waals surface area contributed by atoms with Crippen molar-refractivity contribution >= 4 is 6.29 Å². The van der Waals surface area contributed by atoms with E-state index < -0.39 is 0 Å². The molecular formula is C12H17NO3. The van der Waals surface area contributed by atoms with Crippen molar-refractivity contribution in [2.24, 2.45) is 5.73 Å². The van der Waals surface area contributed by atoms with Crippen LogP contribution in [0.1, 0.15) is 12.8 Å². The molecule has 2 N–H and O–H groups in total. The molecule has 0 fully saturated rings. The molecule has 0 amide bonds. The smallest absolute Gasteiger partial charge is 0.123 e. The van der Waals surface area contributed by atoms with Crippen LogP contribution in [0, 0.1) is 0 Å². The van der Waals surface area contributed by atoms with E-state index in [2.05, 4.69) is 0 Å². The van der Waals surface area contributed by atoms with Gasteiger partial charge in [0, 0.05) is 19.0 Å². The average molecular weight is 223 g/mol. The van der Waals surface area contributed by atoms with Crippen molar-refractivity contribution in [3.05, 3.63) is 24.3 Å². The largest absolute Gasteiger partial charge is 0.493 e. The Balaban J connectivity index is 2.37. The summed E-state index contributed by atoms with van der Waals surface area (Å²) in [5, 5.41) is 0. The van der Waals surface area contributed by atoms with Crippen LogP contribution in [0.25, 0.3) is 0 Å². The predicted molar refractivity (Wildman–Crippen MR) is 61.8 cm³/mol. The Bertz CT molecular complexity index is 315. The van der Waals surface area contributed by atoms with Gasteiger partial charge in [-0.25, -0.2) is 0 Å². The van der Waals surface area contributed by atoms with E-state index in [-0.39, 0.29) is 0 Å². The number of rotatable bonds is 8. The fraction of sp³-hybridized carbons (Fsp3) is 0.417. The summed E-state index contributed by atoms with van der Waals surface area (Å²) in [6.07, 6.45) is 2.16. The van der Waals surface area contributed by atoms with Gasteiger partial charge in [-0.2, -0.15) is 0 Å². The Morgan fingerprint density at radius 2 is 1.88 bits per heavy atom. The molecule has 1 aromatic rings. The van der Waals surface area contributed by atoms with Crippen molar-refractivity contribution in [1.29, 1.82) is 0 Å². The maximum absolute atomic E-state index is 10.1. The molecule has 16 heavy (non-hydrogen) atoms. The third-order valence-electron chi connectivity index (χ3n) is 1.93. The standard InChI is InChI=1S/C12H17NO3/c13-6-9-16-12-5-3-4-11(10-12)15-8-2-1-7-14/h3-5,7,10H,1-2,6,8-9,13H2. The summed E-state index contributed by atoms with van der Waals surface area (Å²) in [5.74, 6) is 1.50. The first kappa shape index (κ1) is 12.5. The van der Waals surface area contributed by atoms with Gasteiger partial charge < -0.3 is 20.0 Å². The molecule has 1 aromatic carbocycles. The van der Waals surface area contributed by atoms with Crippen molar-refractivity contribution < 1.29 is 14.3 Å². The van der Waals surface area contributed by atoms with Crippen LogP contribution in [0.4, 0.5) is 0 Å². The molecule has 0 unspecified atom stereocenters. The maximum atomic E-state index is 10.1. The van der Waals surface area contributed by atoms with Crippen LogP contribution in [0.15, 0.2) is 24.3 Å². The van der Waals surface area contributed by atoms with Crippen LogP contribution >= 0.6 is 0 Å². The molecule has 0 aliphatic rings. The van der Waals surface area contributed by atoms with Gasteiger partial charge in [0.25, 0.3) is 0 Å². The van der Waals surface area contributed by atoms with Crippen molar-refractivity contribution in [3.8, 4) is 11.5 Å². The van der Waals surface area contributed by atoms with Gasteiger partial charge in [0.05, 0.1) is 6.61 Å². The molecule has 4 nitrogen and oxygen atoms in total. The Labute approximate surface area is 95.3 Å². The highest BCUT2D eigenvalue weighted by Crippen LogP contribution is 2.19. The minimum Gasteiger partial charge on any atom is -0.493 e. The highest BCUT2D eigenvalue weighted by Gasteiger charge is 1.97. The maximum Gasteiger partial charge on any atom is 0.123 e. The summed E-state index contributed by atoms with van der Waals surface area (Å²) in [6, 6.07) is 7.39. The number of nitrogens with two attached hydrogens (primary N) is 1. The fourth-order valence-corrected chi connectivity index (χ4v) is 1.19. The number of hydrogen-bond donors (Lipinski definition) is 1. The van der Waals surface area contributed by atoms with Crippen LogP contribution in [-0.4, -0.2) is 26.0 Å². The zero-order chi connectivity index (χ0) is 11.6. The van der Waals surface area contributed by atoms with Crippen LogP contribution in [0.5, 0.6) is 11.5 Å². The number of benzene rings is 1. The zero-order valence-corrected chi connectivity index (χ0v) is 9.22. The molecule has 1 rings (SSSR count). The molecule has 0 saturated heterocycles. The first-order valence-corrected chi connectivity index (χ1v) is 5.36. The zero-order valence-electron chi connectivity index (χ0n) is 9.22. The molecule has 0 aliphatic carbocycles. The van der Waals surface area contributed by atoms with Crippen LogP contribution in [-0.2, 0) is 4.79 Å². The highest BCUT2D eigenvalue weighted by atomic mass is 16.5. The monoisotopic (exact) mass is 223 g/mol. The van der Waals surface area contributed by atoms with Crippen LogP contribution in [0.3, 0.4) is 0 Å². The van der Waals surface area contributed by atoms with Crippen LogP contribution in [0.2, 0.25) is 0 Å². The molecule has 0 heterocycles. The summed E-state index contributed by atoms with van der Waals surface area (Å²) >= 11 is 0. The number of ether oxygens (including phenoxy) is 2. The van der Waals surface area contributed by atoms with Crippen molar-refractivity contribution in [3.63, 3.8) is 0 Å². The number of aldehydes is 1. The number of hydrogen-bond acceptors (Lipinski definition) is 4. The lowest BCUT2D eigenvalue weighted by Gasteiger charge is -2.08. The van der Waals surface area contributed by atoms with E-state index in [1.54, 1.807) is 0 Å². The van der Waals surface area contributed by atoms with Gasteiger partial charge in [0.2, 0.25) is 0 Å². The van der Waals surface area contributed by atoms with E-state index in [1.165, 1.54) is 0 Å². The van der Waals surface area contributed by atoms with E-state index in [0.29, 0.717) is 26.2 Å². The predicted octanol–water partition coefficient (Wildman–Crippen LogP) is 1.38. The van der Waals surface area contributed by atoms with Gasteiger partial charge in [-0.3, -0.25) is 0 Å². The second kappa shape index (κ2) is 7.70. The lowest BCUT2D eigenvalue weighted by Crippen LogP contribution is -2.10. The molecule has 0 atom stereocenters. The highest BCUT2D eigenvalue weighted by molar-refractivity contribution is 5.49. The number of unbranched alkanes of at least 4 members (excludes halogenated alkanes) is 1.